The molecule has 6 heteroatoms. The van der Waals surface area contributed by atoms with Crippen LogP contribution in [0.1, 0.15) is 20.8 Å². The maximum atomic E-state index is 13.7. The van der Waals surface area contributed by atoms with Crippen molar-refractivity contribution in [3.63, 3.8) is 0 Å². The van der Waals surface area contributed by atoms with Gasteiger partial charge in [0, 0.05) is 17.8 Å². The minimum Gasteiger partial charge on any atom is -0.449 e. The van der Waals surface area contributed by atoms with Gasteiger partial charge in [-0.2, -0.15) is 0 Å². The van der Waals surface area contributed by atoms with Crippen molar-refractivity contribution in [3.8, 4) is 0 Å². The van der Waals surface area contributed by atoms with Gasteiger partial charge in [0.05, 0.1) is 6.21 Å². The highest BCUT2D eigenvalue weighted by molar-refractivity contribution is 5.78. The van der Waals surface area contributed by atoms with Crippen LogP contribution in [0.15, 0.2) is 52.6 Å². The first-order valence-corrected chi connectivity index (χ1v) is 5.90. The number of allylic oxidation sites excluding steroid dienone is 5. The van der Waals surface area contributed by atoms with Gasteiger partial charge in [0.2, 0.25) is 0 Å². The fourth-order valence-corrected chi connectivity index (χ4v) is 0.979. The largest absolute Gasteiger partial charge is 0.449 e. The third kappa shape index (κ3) is 6.63. The number of aldehydes is 1. The quantitative estimate of drug-likeness (QED) is 0.257. The summed E-state index contributed by atoms with van der Waals surface area (Å²) < 4.78 is 31.3. The minimum atomic E-state index is -1.04. The van der Waals surface area contributed by atoms with Crippen LogP contribution in [0.4, 0.5) is 8.78 Å². The van der Waals surface area contributed by atoms with Crippen LogP contribution in [0.5, 0.6) is 0 Å². The standard InChI is InChI=1S/C14H18F2N2O2/c1-4-11(9-19)5-13(16)14(6-15)20-12(7-17)8-18-10(2)3/h4-10H,17H2,1-3H3/b11-4+,12-7?,13-5+,14-6-,18-8?. The van der Waals surface area contributed by atoms with Crippen LogP contribution in [-0.2, 0) is 9.53 Å². The van der Waals surface area contributed by atoms with E-state index >= 15 is 0 Å². The number of hydrogen-bond acceptors (Lipinski definition) is 4. The molecule has 4 nitrogen and oxygen atoms in total. The lowest BCUT2D eigenvalue weighted by molar-refractivity contribution is -0.104. The molecule has 0 aliphatic heterocycles. The maximum absolute atomic E-state index is 13.7. The number of halogens is 2. The molecule has 0 fully saturated rings. The van der Waals surface area contributed by atoms with E-state index in [1.807, 2.05) is 13.8 Å². The second-order valence-corrected chi connectivity index (χ2v) is 3.92. The number of carbonyl (C=O) groups excluding carboxylic acids is 1. The van der Waals surface area contributed by atoms with Gasteiger partial charge in [-0.05, 0) is 26.8 Å². The van der Waals surface area contributed by atoms with Crippen molar-refractivity contribution < 1.29 is 18.3 Å². The zero-order valence-electron chi connectivity index (χ0n) is 11.6. The molecule has 0 aromatic heterocycles. The Morgan fingerprint density at radius 1 is 1.40 bits per heavy atom. The van der Waals surface area contributed by atoms with E-state index < -0.39 is 11.6 Å². The van der Waals surface area contributed by atoms with Gasteiger partial charge in [-0.15, -0.1) is 0 Å². The van der Waals surface area contributed by atoms with E-state index in [0.29, 0.717) is 6.29 Å². The highest BCUT2D eigenvalue weighted by Crippen LogP contribution is 2.18. The zero-order valence-corrected chi connectivity index (χ0v) is 11.6. The Labute approximate surface area is 117 Å². The number of carbonyl (C=O) groups is 1. The van der Waals surface area contributed by atoms with Gasteiger partial charge in [0.25, 0.3) is 0 Å². The minimum absolute atomic E-state index is 0.0146. The average molecular weight is 284 g/mol. The van der Waals surface area contributed by atoms with Crippen molar-refractivity contribution in [3.05, 3.63) is 47.6 Å². The molecule has 0 aliphatic rings. The Bertz CT molecular complexity index is 476. The van der Waals surface area contributed by atoms with Gasteiger partial charge in [0.1, 0.15) is 12.6 Å². The van der Waals surface area contributed by atoms with Crippen molar-refractivity contribution in [1.29, 1.82) is 0 Å². The smallest absolute Gasteiger partial charge is 0.191 e. The summed E-state index contributed by atoms with van der Waals surface area (Å²) in [5.41, 5.74) is 5.33. The molecule has 0 radical (unpaired) electrons. The summed E-state index contributed by atoms with van der Waals surface area (Å²) in [5.74, 6) is -1.75. The zero-order chi connectivity index (χ0) is 15.5. The Morgan fingerprint density at radius 3 is 2.45 bits per heavy atom. The first-order chi connectivity index (χ1) is 9.48. The molecule has 0 spiro atoms. The molecule has 0 aromatic rings. The fraction of sp³-hybridized carbons (Fsp3) is 0.286. The lowest BCUT2D eigenvalue weighted by Gasteiger charge is -2.07. The van der Waals surface area contributed by atoms with Crippen LogP contribution in [0.2, 0.25) is 0 Å². The Kier molecular flexibility index (Phi) is 8.58. The Morgan fingerprint density at radius 2 is 2.05 bits per heavy atom. The van der Waals surface area contributed by atoms with E-state index in [2.05, 4.69) is 4.99 Å². The van der Waals surface area contributed by atoms with Crippen molar-refractivity contribution in [2.75, 3.05) is 0 Å². The summed E-state index contributed by atoms with van der Waals surface area (Å²) in [4.78, 5) is 14.5. The second kappa shape index (κ2) is 9.66. The summed E-state index contributed by atoms with van der Waals surface area (Å²) in [5, 5.41) is 0. The molecule has 0 saturated carbocycles. The SMILES string of the molecule is C\C=C(C=O)/C=C(F)\C(=C\F)OC(C=NC(C)C)=CN. The Balaban J connectivity index is 5.09. The average Bonchev–Trinajstić information content (AvgIpc) is 2.44. The van der Waals surface area contributed by atoms with Gasteiger partial charge >= 0.3 is 0 Å². The highest BCUT2D eigenvalue weighted by atomic mass is 19.1. The summed E-state index contributed by atoms with van der Waals surface area (Å²) in [6.07, 6.45) is 4.90. The first-order valence-electron chi connectivity index (χ1n) is 5.90. The third-order valence-corrected chi connectivity index (χ3v) is 1.99. The van der Waals surface area contributed by atoms with Gasteiger partial charge in [-0.25, -0.2) is 8.78 Å². The van der Waals surface area contributed by atoms with E-state index in [-0.39, 0.29) is 23.7 Å². The fourth-order valence-electron chi connectivity index (χ4n) is 0.979. The van der Waals surface area contributed by atoms with Crippen molar-refractivity contribution in [2.24, 2.45) is 10.7 Å². The molecule has 110 valence electrons. The summed E-state index contributed by atoms with van der Waals surface area (Å²) in [6.45, 7) is 5.19. The second-order valence-electron chi connectivity index (χ2n) is 3.92. The monoisotopic (exact) mass is 284 g/mol. The summed E-state index contributed by atoms with van der Waals surface area (Å²) >= 11 is 0. The van der Waals surface area contributed by atoms with Crippen LogP contribution in [-0.4, -0.2) is 18.5 Å². The predicted octanol–water partition coefficient (Wildman–Crippen LogP) is 3.09. The summed E-state index contributed by atoms with van der Waals surface area (Å²) in [6, 6.07) is -0.0172. The van der Waals surface area contributed by atoms with Gasteiger partial charge < -0.3 is 10.5 Å². The molecule has 0 heterocycles. The van der Waals surface area contributed by atoms with Crippen LogP contribution in [0, 0.1) is 0 Å². The predicted molar refractivity (Wildman–Crippen MR) is 75.2 cm³/mol. The highest BCUT2D eigenvalue weighted by Gasteiger charge is 2.09. The maximum Gasteiger partial charge on any atom is 0.191 e. The molecule has 0 amide bonds. The summed E-state index contributed by atoms with van der Waals surface area (Å²) in [7, 11) is 0. The van der Waals surface area contributed by atoms with E-state index in [9.17, 15) is 13.6 Å². The van der Waals surface area contributed by atoms with E-state index in [1.54, 1.807) is 6.92 Å². The molecule has 20 heavy (non-hydrogen) atoms. The molecule has 0 bridgehead atoms. The van der Waals surface area contributed by atoms with Crippen LogP contribution in [0.3, 0.4) is 0 Å². The number of hydrogen-bond donors (Lipinski definition) is 1. The number of nitrogens with zero attached hydrogens (tertiary/aromatic N) is 1. The van der Waals surface area contributed by atoms with Crippen molar-refractivity contribution in [2.45, 2.75) is 26.8 Å². The van der Waals surface area contributed by atoms with Crippen LogP contribution >= 0.6 is 0 Å². The number of nitrogens with two attached hydrogens (primary N) is 1. The molecular weight excluding hydrogens is 266 g/mol. The van der Waals surface area contributed by atoms with Gasteiger partial charge in [0.15, 0.2) is 17.3 Å². The van der Waals surface area contributed by atoms with Gasteiger partial charge in [-0.1, -0.05) is 6.08 Å². The van der Waals surface area contributed by atoms with Gasteiger partial charge in [-0.3, -0.25) is 9.79 Å². The molecule has 0 unspecified atom stereocenters. The lowest BCUT2D eigenvalue weighted by Crippen LogP contribution is -2.01. The topological polar surface area (TPSA) is 64.7 Å². The van der Waals surface area contributed by atoms with E-state index in [4.69, 9.17) is 10.5 Å². The molecule has 0 atom stereocenters. The number of rotatable bonds is 7. The third-order valence-electron chi connectivity index (χ3n) is 1.99. The Hall–Kier alpha value is -2.24. The van der Waals surface area contributed by atoms with Crippen molar-refractivity contribution in [1.82, 2.24) is 0 Å². The van der Waals surface area contributed by atoms with Crippen molar-refractivity contribution >= 4 is 12.5 Å². The molecule has 0 saturated heterocycles. The molecule has 0 aromatic carbocycles. The first kappa shape index (κ1) is 17.8. The molecule has 0 aliphatic carbocycles. The molecule has 2 N–H and O–H groups in total. The lowest BCUT2D eigenvalue weighted by atomic mass is 10.2. The molecule has 0 rings (SSSR count). The number of aliphatic imine (C=N–C) groups is 1. The van der Waals surface area contributed by atoms with E-state index in [1.165, 1.54) is 12.3 Å². The van der Waals surface area contributed by atoms with Crippen LogP contribution in [0.25, 0.3) is 0 Å². The number of ether oxygens (including phenoxy) is 1. The normalized spacial score (nSPS) is 15.1. The van der Waals surface area contributed by atoms with E-state index in [0.717, 1.165) is 12.3 Å². The van der Waals surface area contributed by atoms with Crippen LogP contribution < -0.4 is 5.73 Å². The molecular formula is C14H18F2N2O2.